The molecule has 0 bridgehead atoms. The molecule has 0 N–H and O–H groups in total. The van der Waals surface area contributed by atoms with Crippen LogP contribution in [0.25, 0.3) is 11.0 Å². The summed E-state index contributed by atoms with van der Waals surface area (Å²) in [6.07, 6.45) is 6.08. The molecule has 3 rings (SSSR count). The second-order valence-corrected chi connectivity index (χ2v) is 7.00. The Bertz CT molecular complexity index is 683. The summed E-state index contributed by atoms with van der Waals surface area (Å²) < 4.78 is 2.10. The van der Waals surface area contributed by atoms with Gasteiger partial charge in [-0.15, -0.1) is 0 Å². The Balaban J connectivity index is 1.85. The number of fused-ring (bicyclic) bond motifs is 1. The summed E-state index contributed by atoms with van der Waals surface area (Å²) in [5, 5.41) is 0. The van der Waals surface area contributed by atoms with Crippen molar-refractivity contribution in [3.63, 3.8) is 0 Å². The number of carbonyl (C=O) groups excluding carboxylic acids is 1. The zero-order valence-electron chi connectivity index (χ0n) is 14.5. The molecule has 23 heavy (non-hydrogen) atoms. The van der Waals surface area contributed by atoms with Crippen molar-refractivity contribution >= 4 is 16.9 Å². The maximum atomic E-state index is 12.8. The van der Waals surface area contributed by atoms with Gasteiger partial charge in [-0.2, -0.15) is 0 Å². The minimum Gasteiger partial charge on any atom is -0.341 e. The fourth-order valence-corrected chi connectivity index (χ4v) is 3.62. The first-order valence-corrected chi connectivity index (χ1v) is 8.78. The zero-order valence-corrected chi connectivity index (χ0v) is 14.5. The van der Waals surface area contributed by atoms with Crippen LogP contribution in [-0.4, -0.2) is 33.4 Å². The van der Waals surface area contributed by atoms with Gasteiger partial charge in [0.1, 0.15) is 12.4 Å². The Morgan fingerprint density at radius 2 is 1.96 bits per heavy atom. The highest BCUT2D eigenvalue weighted by Gasteiger charge is 2.24. The number of para-hydroxylation sites is 2. The lowest BCUT2D eigenvalue weighted by atomic mass is 9.94. The van der Waals surface area contributed by atoms with E-state index in [0.717, 1.165) is 29.7 Å². The van der Waals surface area contributed by atoms with E-state index in [1.807, 2.05) is 30.1 Å². The molecular weight excluding hydrogens is 286 g/mol. The molecule has 1 saturated carbocycles. The molecule has 1 fully saturated rings. The minimum atomic E-state index is 0.196. The van der Waals surface area contributed by atoms with E-state index < -0.39 is 0 Å². The van der Waals surface area contributed by atoms with Crippen molar-refractivity contribution in [1.29, 1.82) is 0 Å². The maximum Gasteiger partial charge on any atom is 0.242 e. The SMILES string of the molecule is CC(C)c1nc2ccccc2n1CC(=O)N(C)C1CCCCC1. The van der Waals surface area contributed by atoms with Gasteiger partial charge >= 0.3 is 0 Å². The first kappa shape index (κ1) is 16.0. The van der Waals surface area contributed by atoms with Gasteiger partial charge in [0, 0.05) is 19.0 Å². The predicted molar refractivity (Wildman–Crippen MR) is 93.5 cm³/mol. The van der Waals surface area contributed by atoms with Gasteiger partial charge in [-0.3, -0.25) is 4.79 Å². The number of carbonyl (C=O) groups is 1. The topological polar surface area (TPSA) is 38.1 Å². The monoisotopic (exact) mass is 313 g/mol. The summed E-state index contributed by atoms with van der Waals surface area (Å²) in [6.45, 7) is 4.65. The van der Waals surface area contributed by atoms with E-state index in [0.29, 0.717) is 18.5 Å². The first-order valence-electron chi connectivity index (χ1n) is 8.78. The van der Waals surface area contributed by atoms with Crippen molar-refractivity contribution in [3.8, 4) is 0 Å². The third kappa shape index (κ3) is 3.26. The third-order valence-electron chi connectivity index (χ3n) is 5.01. The van der Waals surface area contributed by atoms with Crippen LogP contribution in [0.2, 0.25) is 0 Å². The number of rotatable bonds is 4. The lowest BCUT2D eigenvalue weighted by molar-refractivity contribution is -0.133. The van der Waals surface area contributed by atoms with Gasteiger partial charge in [0.05, 0.1) is 11.0 Å². The van der Waals surface area contributed by atoms with E-state index in [1.54, 1.807) is 0 Å². The summed E-state index contributed by atoms with van der Waals surface area (Å²) >= 11 is 0. The molecule has 1 aromatic heterocycles. The molecule has 1 aromatic carbocycles. The van der Waals surface area contributed by atoms with Gasteiger partial charge in [-0.05, 0) is 25.0 Å². The van der Waals surface area contributed by atoms with Gasteiger partial charge in [0.2, 0.25) is 5.91 Å². The lowest BCUT2D eigenvalue weighted by Gasteiger charge is -2.31. The molecule has 0 saturated heterocycles. The van der Waals surface area contributed by atoms with Crippen LogP contribution in [0, 0.1) is 0 Å². The van der Waals surface area contributed by atoms with E-state index in [9.17, 15) is 4.79 Å². The van der Waals surface area contributed by atoms with Crippen molar-refractivity contribution in [2.24, 2.45) is 0 Å². The Morgan fingerprint density at radius 3 is 2.65 bits per heavy atom. The summed E-state index contributed by atoms with van der Waals surface area (Å²) in [6, 6.07) is 8.50. The molecule has 0 unspecified atom stereocenters. The summed E-state index contributed by atoms with van der Waals surface area (Å²) in [5.41, 5.74) is 2.03. The standard InChI is InChI=1S/C19H27N3O/c1-14(2)19-20-16-11-7-8-12-17(16)22(19)13-18(23)21(3)15-9-5-4-6-10-15/h7-8,11-12,14-15H,4-6,9-10,13H2,1-3H3. The number of likely N-dealkylation sites (N-methyl/N-ethyl adjacent to an activating group) is 1. The molecule has 0 aliphatic heterocycles. The molecule has 2 aromatic rings. The molecule has 1 aliphatic rings. The molecular formula is C19H27N3O. The van der Waals surface area contributed by atoms with Crippen LogP contribution in [-0.2, 0) is 11.3 Å². The predicted octanol–water partition coefficient (Wildman–Crippen LogP) is 3.95. The summed E-state index contributed by atoms with van der Waals surface area (Å²) in [4.78, 5) is 19.5. The molecule has 0 radical (unpaired) electrons. The molecule has 124 valence electrons. The Kier molecular flexibility index (Phi) is 4.69. The Hall–Kier alpha value is -1.84. The van der Waals surface area contributed by atoms with Crippen LogP contribution in [0.3, 0.4) is 0 Å². The highest BCUT2D eigenvalue weighted by atomic mass is 16.2. The normalized spacial score (nSPS) is 16.2. The van der Waals surface area contributed by atoms with Crippen LogP contribution >= 0.6 is 0 Å². The summed E-state index contributed by atoms with van der Waals surface area (Å²) in [5.74, 6) is 1.49. The van der Waals surface area contributed by atoms with Crippen molar-refractivity contribution < 1.29 is 4.79 Å². The molecule has 1 aliphatic carbocycles. The van der Waals surface area contributed by atoms with Crippen LogP contribution in [0.1, 0.15) is 57.7 Å². The number of benzene rings is 1. The van der Waals surface area contributed by atoms with Crippen molar-refractivity contribution in [3.05, 3.63) is 30.1 Å². The maximum absolute atomic E-state index is 12.8. The number of aromatic nitrogens is 2. The fourth-order valence-electron chi connectivity index (χ4n) is 3.62. The molecule has 4 nitrogen and oxygen atoms in total. The van der Waals surface area contributed by atoms with Gasteiger partial charge in [-0.1, -0.05) is 45.2 Å². The second-order valence-electron chi connectivity index (χ2n) is 7.00. The largest absolute Gasteiger partial charge is 0.341 e. The third-order valence-corrected chi connectivity index (χ3v) is 5.01. The molecule has 1 amide bonds. The van der Waals surface area contributed by atoms with Crippen LogP contribution < -0.4 is 0 Å². The number of amides is 1. The van der Waals surface area contributed by atoms with Crippen LogP contribution in [0.4, 0.5) is 0 Å². The van der Waals surface area contributed by atoms with E-state index in [2.05, 4.69) is 24.5 Å². The Morgan fingerprint density at radius 1 is 1.26 bits per heavy atom. The smallest absolute Gasteiger partial charge is 0.242 e. The van der Waals surface area contributed by atoms with E-state index in [4.69, 9.17) is 4.98 Å². The van der Waals surface area contributed by atoms with E-state index >= 15 is 0 Å². The molecule has 1 heterocycles. The lowest BCUT2D eigenvalue weighted by Crippen LogP contribution is -2.40. The van der Waals surface area contributed by atoms with Crippen LogP contribution in [0.15, 0.2) is 24.3 Å². The highest BCUT2D eigenvalue weighted by Crippen LogP contribution is 2.24. The van der Waals surface area contributed by atoms with Crippen molar-refractivity contribution in [2.45, 2.75) is 64.5 Å². The minimum absolute atomic E-state index is 0.196. The summed E-state index contributed by atoms with van der Waals surface area (Å²) in [7, 11) is 1.96. The average molecular weight is 313 g/mol. The van der Waals surface area contributed by atoms with E-state index in [1.165, 1.54) is 19.3 Å². The second kappa shape index (κ2) is 6.73. The number of nitrogens with zero attached hydrogens (tertiary/aromatic N) is 3. The molecule has 0 atom stereocenters. The van der Waals surface area contributed by atoms with Gasteiger partial charge < -0.3 is 9.47 Å². The van der Waals surface area contributed by atoms with Gasteiger partial charge in [-0.25, -0.2) is 4.98 Å². The van der Waals surface area contributed by atoms with Crippen LogP contribution in [0.5, 0.6) is 0 Å². The van der Waals surface area contributed by atoms with E-state index in [-0.39, 0.29) is 5.91 Å². The van der Waals surface area contributed by atoms with Gasteiger partial charge in [0.25, 0.3) is 0 Å². The average Bonchev–Trinajstić information content (AvgIpc) is 2.94. The van der Waals surface area contributed by atoms with Crippen molar-refractivity contribution in [2.75, 3.05) is 7.05 Å². The fraction of sp³-hybridized carbons (Fsp3) is 0.579. The number of hydrogen-bond acceptors (Lipinski definition) is 2. The number of hydrogen-bond donors (Lipinski definition) is 0. The first-order chi connectivity index (χ1) is 11.1. The highest BCUT2D eigenvalue weighted by molar-refractivity contribution is 5.81. The molecule has 0 spiro atoms. The van der Waals surface area contributed by atoms with Gasteiger partial charge in [0.15, 0.2) is 0 Å². The Labute approximate surface area is 138 Å². The zero-order chi connectivity index (χ0) is 16.4. The molecule has 4 heteroatoms. The quantitative estimate of drug-likeness (QED) is 0.857. The van der Waals surface area contributed by atoms with Crippen molar-refractivity contribution in [1.82, 2.24) is 14.5 Å². The number of imidazole rings is 1.